The molecule has 3 heterocycles. The number of aryl methyl sites for hydroxylation is 2. The van der Waals surface area contributed by atoms with E-state index in [0.717, 1.165) is 17.7 Å². The fourth-order valence-corrected chi connectivity index (χ4v) is 4.47. The second-order valence-electron chi connectivity index (χ2n) is 6.25. The standard InChI is InChI=1S/C18H17N3O2S/c1-10-8-12-6-4-5-7-13(12)21(10)18(23)15-11(2)14-16(24-15)19-9-20(3)17(14)22/h4-7,9-10H,8H2,1-3H3/t10-/m0/s1. The smallest absolute Gasteiger partial charge is 0.268 e. The zero-order valence-corrected chi connectivity index (χ0v) is 14.6. The first-order valence-electron chi connectivity index (χ1n) is 7.85. The van der Waals surface area contributed by atoms with Crippen LogP contribution in [-0.4, -0.2) is 21.5 Å². The van der Waals surface area contributed by atoms with E-state index in [9.17, 15) is 9.59 Å². The molecule has 0 aliphatic carbocycles. The van der Waals surface area contributed by atoms with Crippen molar-refractivity contribution in [2.24, 2.45) is 7.05 Å². The van der Waals surface area contributed by atoms with E-state index in [4.69, 9.17) is 0 Å². The minimum Gasteiger partial charge on any atom is -0.304 e. The molecule has 0 radical (unpaired) electrons. The van der Waals surface area contributed by atoms with E-state index in [1.165, 1.54) is 27.8 Å². The maximum atomic E-state index is 13.2. The van der Waals surface area contributed by atoms with Crippen molar-refractivity contribution in [3.05, 3.63) is 57.0 Å². The number of hydrogen-bond acceptors (Lipinski definition) is 4. The van der Waals surface area contributed by atoms with Crippen LogP contribution in [0.15, 0.2) is 35.4 Å². The van der Waals surface area contributed by atoms with Crippen molar-refractivity contribution in [3.63, 3.8) is 0 Å². The summed E-state index contributed by atoms with van der Waals surface area (Å²) in [4.78, 5) is 33.0. The molecule has 0 saturated heterocycles. The Morgan fingerprint density at radius 2 is 2.08 bits per heavy atom. The van der Waals surface area contributed by atoms with Gasteiger partial charge in [0.05, 0.1) is 16.6 Å². The quantitative estimate of drug-likeness (QED) is 0.685. The highest BCUT2D eigenvalue weighted by Gasteiger charge is 2.33. The number of para-hydroxylation sites is 1. The van der Waals surface area contributed by atoms with Gasteiger partial charge in [0.2, 0.25) is 0 Å². The SMILES string of the molecule is Cc1c(C(=O)N2c3ccccc3C[C@@H]2C)sc2ncn(C)c(=O)c12. The van der Waals surface area contributed by atoms with Crippen LogP contribution >= 0.6 is 11.3 Å². The van der Waals surface area contributed by atoms with Gasteiger partial charge in [-0.2, -0.15) is 0 Å². The Hall–Kier alpha value is -2.47. The van der Waals surface area contributed by atoms with E-state index in [1.54, 1.807) is 7.05 Å². The molecule has 1 aromatic carbocycles. The van der Waals surface area contributed by atoms with Gasteiger partial charge >= 0.3 is 0 Å². The fourth-order valence-electron chi connectivity index (χ4n) is 3.40. The van der Waals surface area contributed by atoms with E-state index in [-0.39, 0.29) is 17.5 Å². The molecule has 0 bridgehead atoms. The Balaban J connectivity index is 1.87. The molecule has 3 aromatic rings. The largest absolute Gasteiger partial charge is 0.304 e. The van der Waals surface area contributed by atoms with Crippen molar-refractivity contribution < 1.29 is 4.79 Å². The van der Waals surface area contributed by atoms with Gasteiger partial charge in [-0.05, 0) is 37.5 Å². The van der Waals surface area contributed by atoms with E-state index in [1.807, 2.05) is 30.0 Å². The first kappa shape index (κ1) is 15.1. The summed E-state index contributed by atoms with van der Waals surface area (Å²) in [5, 5.41) is 0.550. The summed E-state index contributed by atoms with van der Waals surface area (Å²) in [6.07, 6.45) is 2.36. The molecular formula is C18H17N3O2S. The first-order valence-corrected chi connectivity index (χ1v) is 8.67. The van der Waals surface area contributed by atoms with E-state index in [2.05, 4.69) is 18.0 Å². The highest BCUT2D eigenvalue weighted by Crippen LogP contribution is 2.36. The summed E-state index contributed by atoms with van der Waals surface area (Å²) in [6, 6.07) is 8.10. The average Bonchev–Trinajstić information content (AvgIpc) is 3.07. The number of anilines is 1. The molecule has 4 rings (SSSR count). The van der Waals surface area contributed by atoms with Crippen LogP contribution in [0.5, 0.6) is 0 Å². The molecular weight excluding hydrogens is 322 g/mol. The highest BCUT2D eigenvalue weighted by molar-refractivity contribution is 7.20. The summed E-state index contributed by atoms with van der Waals surface area (Å²) in [7, 11) is 1.67. The molecule has 2 aromatic heterocycles. The lowest BCUT2D eigenvalue weighted by Gasteiger charge is -2.22. The summed E-state index contributed by atoms with van der Waals surface area (Å²) in [5.74, 6) is -0.0463. The molecule has 0 N–H and O–H groups in total. The zero-order valence-electron chi connectivity index (χ0n) is 13.7. The molecule has 24 heavy (non-hydrogen) atoms. The normalized spacial score (nSPS) is 16.6. The predicted molar refractivity (Wildman–Crippen MR) is 96.0 cm³/mol. The van der Waals surface area contributed by atoms with Crippen LogP contribution in [0.1, 0.15) is 27.7 Å². The molecule has 6 heteroatoms. The Kier molecular flexibility index (Phi) is 3.31. The molecule has 1 atom stereocenters. The second kappa shape index (κ2) is 5.27. The van der Waals surface area contributed by atoms with E-state index < -0.39 is 0 Å². The van der Waals surface area contributed by atoms with Gasteiger partial charge < -0.3 is 9.47 Å². The number of carbonyl (C=O) groups excluding carboxylic acids is 1. The fraction of sp³-hybridized carbons (Fsp3) is 0.278. The molecule has 0 fully saturated rings. The first-order chi connectivity index (χ1) is 11.5. The molecule has 5 nitrogen and oxygen atoms in total. The molecule has 1 aliphatic heterocycles. The number of benzene rings is 1. The maximum Gasteiger partial charge on any atom is 0.268 e. The van der Waals surface area contributed by atoms with Gasteiger partial charge in [-0.15, -0.1) is 11.3 Å². The van der Waals surface area contributed by atoms with Gasteiger partial charge in [0.15, 0.2) is 0 Å². The van der Waals surface area contributed by atoms with Crippen LogP contribution in [0.4, 0.5) is 5.69 Å². The van der Waals surface area contributed by atoms with Crippen molar-refractivity contribution >= 4 is 33.1 Å². The third kappa shape index (κ3) is 2.03. The minimum absolute atomic E-state index is 0.0463. The number of thiophene rings is 1. The Bertz CT molecular complexity index is 1030. The lowest BCUT2D eigenvalue weighted by atomic mass is 10.1. The van der Waals surface area contributed by atoms with E-state index >= 15 is 0 Å². The summed E-state index contributed by atoms with van der Waals surface area (Å²) >= 11 is 1.30. The van der Waals surface area contributed by atoms with Gasteiger partial charge in [0.1, 0.15) is 4.83 Å². The lowest BCUT2D eigenvalue weighted by molar-refractivity contribution is 0.0985. The van der Waals surface area contributed by atoms with Gasteiger partial charge in [-0.1, -0.05) is 18.2 Å². The van der Waals surface area contributed by atoms with Crippen molar-refractivity contribution in [2.45, 2.75) is 26.3 Å². The molecule has 122 valence electrons. The van der Waals surface area contributed by atoms with Crippen molar-refractivity contribution in [2.75, 3.05) is 4.90 Å². The maximum absolute atomic E-state index is 13.2. The summed E-state index contributed by atoms with van der Waals surface area (Å²) < 4.78 is 1.45. The molecule has 0 spiro atoms. The van der Waals surface area contributed by atoms with Crippen LogP contribution in [0.2, 0.25) is 0 Å². The van der Waals surface area contributed by atoms with Crippen LogP contribution in [0, 0.1) is 6.92 Å². The number of rotatable bonds is 1. The Labute approximate surface area is 143 Å². The molecule has 0 saturated carbocycles. The van der Waals surface area contributed by atoms with Gasteiger partial charge in [-0.3, -0.25) is 9.59 Å². The highest BCUT2D eigenvalue weighted by atomic mass is 32.1. The summed E-state index contributed by atoms with van der Waals surface area (Å²) in [5.41, 5.74) is 2.77. The monoisotopic (exact) mass is 339 g/mol. The van der Waals surface area contributed by atoms with Crippen LogP contribution in [-0.2, 0) is 13.5 Å². The number of nitrogens with zero attached hydrogens (tertiary/aromatic N) is 3. The van der Waals surface area contributed by atoms with Gasteiger partial charge in [0.25, 0.3) is 11.5 Å². The van der Waals surface area contributed by atoms with Gasteiger partial charge in [-0.25, -0.2) is 4.98 Å². The van der Waals surface area contributed by atoms with E-state index in [0.29, 0.717) is 15.1 Å². The van der Waals surface area contributed by atoms with Crippen molar-refractivity contribution in [3.8, 4) is 0 Å². The van der Waals surface area contributed by atoms with Crippen molar-refractivity contribution in [1.82, 2.24) is 9.55 Å². The number of carbonyl (C=O) groups is 1. The van der Waals surface area contributed by atoms with Crippen LogP contribution < -0.4 is 10.5 Å². The molecule has 1 aliphatic rings. The number of aromatic nitrogens is 2. The number of hydrogen-bond donors (Lipinski definition) is 0. The number of amides is 1. The molecule has 1 amide bonds. The average molecular weight is 339 g/mol. The number of fused-ring (bicyclic) bond motifs is 2. The molecule has 0 unspecified atom stereocenters. The summed E-state index contributed by atoms with van der Waals surface area (Å²) in [6.45, 7) is 3.89. The van der Waals surface area contributed by atoms with Crippen LogP contribution in [0.3, 0.4) is 0 Å². The Morgan fingerprint density at radius 3 is 2.88 bits per heavy atom. The minimum atomic E-state index is -0.109. The third-order valence-electron chi connectivity index (χ3n) is 4.63. The third-order valence-corrected chi connectivity index (χ3v) is 5.82. The van der Waals surface area contributed by atoms with Crippen LogP contribution in [0.25, 0.3) is 10.2 Å². The topological polar surface area (TPSA) is 55.2 Å². The van der Waals surface area contributed by atoms with Gasteiger partial charge in [0, 0.05) is 18.8 Å². The second-order valence-corrected chi connectivity index (χ2v) is 7.25. The van der Waals surface area contributed by atoms with Crippen molar-refractivity contribution in [1.29, 1.82) is 0 Å². The zero-order chi connectivity index (χ0) is 17.0. The lowest BCUT2D eigenvalue weighted by Crippen LogP contribution is -2.35. The Morgan fingerprint density at radius 1 is 1.33 bits per heavy atom. The predicted octanol–water partition coefficient (Wildman–Crippen LogP) is 2.89.